The van der Waals surface area contributed by atoms with E-state index in [-0.39, 0.29) is 29.9 Å². The topological polar surface area (TPSA) is 59.5 Å². The Morgan fingerprint density at radius 2 is 2.23 bits per heavy atom. The van der Waals surface area contributed by atoms with Crippen LogP contribution in [-0.4, -0.2) is 41.0 Å². The maximum Gasteiger partial charge on any atom is 0.314 e. The van der Waals surface area contributed by atoms with Gasteiger partial charge in [-0.05, 0) is 32.1 Å². The molecule has 3 heterocycles. The van der Waals surface area contributed by atoms with Crippen molar-refractivity contribution in [3.8, 4) is 0 Å². The van der Waals surface area contributed by atoms with Gasteiger partial charge < -0.3 is 9.64 Å². The van der Waals surface area contributed by atoms with Gasteiger partial charge in [-0.1, -0.05) is 0 Å². The molecule has 118 valence electrons. The van der Waals surface area contributed by atoms with Crippen LogP contribution in [0.1, 0.15) is 37.8 Å². The van der Waals surface area contributed by atoms with E-state index in [0.717, 1.165) is 37.8 Å². The van der Waals surface area contributed by atoms with Crippen LogP contribution in [0.25, 0.3) is 0 Å². The number of hydrogen-bond acceptors (Lipinski definition) is 5. The maximum atomic E-state index is 12.6. The standard InChI is InChI=1S/C16H20N2O3S/c1-21-15(20)16(6-11-8-22-9-17-11)7-12-4-5-13(16)18(12)14(19)10-2-3-10/h8-10,12-13H,2-7H2,1H3/t12-,13+,16+/m1/s1. The molecule has 2 aliphatic heterocycles. The Balaban J connectivity index is 1.67. The van der Waals surface area contributed by atoms with Gasteiger partial charge in [0, 0.05) is 29.8 Å². The molecule has 3 atom stereocenters. The fourth-order valence-corrected chi connectivity index (χ4v) is 4.95. The second-order valence-corrected chi connectivity index (χ2v) is 7.49. The highest BCUT2D eigenvalue weighted by atomic mass is 32.1. The molecular weight excluding hydrogens is 300 g/mol. The molecule has 6 heteroatoms. The molecule has 5 nitrogen and oxygen atoms in total. The average molecular weight is 320 g/mol. The number of nitrogens with zero attached hydrogens (tertiary/aromatic N) is 2. The lowest BCUT2D eigenvalue weighted by Gasteiger charge is -2.34. The number of carbonyl (C=O) groups excluding carboxylic acids is 2. The number of fused-ring (bicyclic) bond motifs is 2. The first-order valence-corrected chi connectivity index (χ1v) is 8.87. The lowest BCUT2D eigenvalue weighted by atomic mass is 9.71. The van der Waals surface area contributed by atoms with E-state index in [1.54, 1.807) is 5.51 Å². The zero-order valence-corrected chi connectivity index (χ0v) is 13.5. The number of methoxy groups -OCH3 is 1. The summed E-state index contributed by atoms with van der Waals surface area (Å²) in [5.41, 5.74) is 2.12. The van der Waals surface area contributed by atoms with Crippen molar-refractivity contribution in [2.45, 2.75) is 50.6 Å². The zero-order valence-electron chi connectivity index (χ0n) is 12.7. The molecule has 1 amide bonds. The van der Waals surface area contributed by atoms with Crippen LogP contribution >= 0.6 is 11.3 Å². The average Bonchev–Trinajstić information content (AvgIpc) is 2.98. The second-order valence-electron chi connectivity index (χ2n) is 6.78. The third-order valence-corrected chi connectivity index (χ3v) is 6.13. The molecule has 1 aliphatic carbocycles. The van der Waals surface area contributed by atoms with Gasteiger partial charge in [-0.2, -0.15) is 0 Å². The number of amides is 1. The Bertz CT molecular complexity index is 599. The van der Waals surface area contributed by atoms with Gasteiger partial charge in [0.05, 0.1) is 23.7 Å². The summed E-state index contributed by atoms with van der Waals surface area (Å²) in [7, 11) is 1.45. The van der Waals surface area contributed by atoms with E-state index in [4.69, 9.17) is 4.74 Å². The number of carbonyl (C=O) groups is 2. The van der Waals surface area contributed by atoms with Gasteiger partial charge in [-0.15, -0.1) is 11.3 Å². The molecule has 1 aromatic rings. The lowest BCUT2D eigenvalue weighted by Crippen LogP contribution is -2.47. The smallest absolute Gasteiger partial charge is 0.314 e. The maximum absolute atomic E-state index is 12.6. The van der Waals surface area contributed by atoms with Crippen molar-refractivity contribution < 1.29 is 14.3 Å². The Morgan fingerprint density at radius 3 is 2.86 bits per heavy atom. The summed E-state index contributed by atoms with van der Waals surface area (Å²) in [6, 6.07) is 0.190. The molecule has 3 aliphatic rings. The number of hydrogen-bond donors (Lipinski definition) is 0. The van der Waals surface area contributed by atoms with Crippen LogP contribution < -0.4 is 0 Å². The molecule has 3 fully saturated rings. The lowest BCUT2D eigenvalue weighted by molar-refractivity contribution is -0.155. The minimum absolute atomic E-state index is 0.0141. The Labute approximate surface area is 133 Å². The number of rotatable bonds is 4. The Morgan fingerprint density at radius 1 is 1.41 bits per heavy atom. The van der Waals surface area contributed by atoms with Gasteiger partial charge >= 0.3 is 5.97 Å². The van der Waals surface area contributed by atoms with E-state index in [1.165, 1.54) is 18.4 Å². The molecule has 0 aromatic carbocycles. The molecule has 2 bridgehead atoms. The third kappa shape index (κ3) is 2.00. The summed E-state index contributed by atoms with van der Waals surface area (Å²) in [5.74, 6) is 0.286. The van der Waals surface area contributed by atoms with Crippen LogP contribution in [0.2, 0.25) is 0 Å². The van der Waals surface area contributed by atoms with Crippen molar-refractivity contribution in [2.75, 3.05) is 7.11 Å². The minimum Gasteiger partial charge on any atom is -0.469 e. The van der Waals surface area contributed by atoms with Crippen LogP contribution in [-0.2, 0) is 20.7 Å². The zero-order chi connectivity index (χ0) is 15.3. The Hall–Kier alpha value is -1.43. The summed E-state index contributed by atoms with van der Waals surface area (Å²) in [4.78, 5) is 31.6. The normalized spacial score (nSPS) is 33.2. The van der Waals surface area contributed by atoms with Gasteiger partial charge in [-0.25, -0.2) is 4.98 Å². The van der Waals surface area contributed by atoms with Crippen molar-refractivity contribution >= 4 is 23.2 Å². The molecule has 4 rings (SSSR count). The van der Waals surface area contributed by atoms with Gasteiger partial charge in [0.1, 0.15) is 0 Å². The molecule has 1 saturated carbocycles. The molecular formula is C16H20N2O3S. The van der Waals surface area contributed by atoms with Crippen LogP contribution in [0.3, 0.4) is 0 Å². The van der Waals surface area contributed by atoms with Crippen LogP contribution in [0.15, 0.2) is 10.9 Å². The molecule has 1 aromatic heterocycles. The van der Waals surface area contributed by atoms with Gasteiger partial charge in [0.15, 0.2) is 0 Å². The molecule has 22 heavy (non-hydrogen) atoms. The second kappa shape index (κ2) is 5.05. The third-order valence-electron chi connectivity index (χ3n) is 5.49. The number of thiazole rings is 1. The van der Waals surface area contributed by atoms with Crippen molar-refractivity contribution in [3.63, 3.8) is 0 Å². The summed E-state index contributed by atoms with van der Waals surface area (Å²) in [6.07, 6.45) is 5.23. The monoisotopic (exact) mass is 320 g/mol. The largest absolute Gasteiger partial charge is 0.469 e. The first-order chi connectivity index (χ1) is 10.7. The highest BCUT2D eigenvalue weighted by molar-refractivity contribution is 7.07. The molecule has 2 saturated heterocycles. The highest BCUT2D eigenvalue weighted by Crippen LogP contribution is 2.53. The first kappa shape index (κ1) is 14.2. The first-order valence-electron chi connectivity index (χ1n) is 7.93. The molecule has 0 radical (unpaired) electrons. The van der Waals surface area contributed by atoms with E-state index in [2.05, 4.69) is 4.98 Å². The Kier molecular flexibility index (Phi) is 3.25. The summed E-state index contributed by atoms with van der Waals surface area (Å²) in [5, 5.41) is 1.99. The van der Waals surface area contributed by atoms with Crippen LogP contribution in [0, 0.1) is 11.3 Å². The van der Waals surface area contributed by atoms with Crippen LogP contribution in [0.5, 0.6) is 0 Å². The van der Waals surface area contributed by atoms with Gasteiger partial charge in [-0.3, -0.25) is 9.59 Å². The van der Waals surface area contributed by atoms with Crippen molar-refractivity contribution in [3.05, 3.63) is 16.6 Å². The fraction of sp³-hybridized carbons (Fsp3) is 0.688. The van der Waals surface area contributed by atoms with E-state index in [9.17, 15) is 9.59 Å². The highest BCUT2D eigenvalue weighted by Gasteiger charge is 2.62. The van der Waals surface area contributed by atoms with Crippen molar-refractivity contribution in [1.82, 2.24) is 9.88 Å². The van der Waals surface area contributed by atoms with E-state index >= 15 is 0 Å². The van der Waals surface area contributed by atoms with Gasteiger partial charge in [0.25, 0.3) is 0 Å². The predicted molar refractivity (Wildman–Crippen MR) is 81.3 cm³/mol. The van der Waals surface area contributed by atoms with Crippen molar-refractivity contribution in [1.29, 1.82) is 0 Å². The molecule has 0 N–H and O–H groups in total. The SMILES string of the molecule is COC(=O)[C@@]1(Cc2cscn2)C[C@H]2CC[C@@H]1N2C(=O)C1CC1. The minimum atomic E-state index is -0.601. The quantitative estimate of drug-likeness (QED) is 0.796. The van der Waals surface area contributed by atoms with E-state index < -0.39 is 5.41 Å². The summed E-state index contributed by atoms with van der Waals surface area (Å²) in [6.45, 7) is 0. The number of esters is 1. The molecule has 0 unspecified atom stereocenters. The van der Waals surface area contributed by atoms with Crippen LogP contribution in [0.4, 0.5) is 0 Å². The predicted octanol–water partition coefficient (Wildman–Crippen LogP) is 2.02. The van der Waals surface area contributed by atoms with Crippen molar-refractivity contribution in [2.24, 2.45) is 11.3 Å². The summed E-state index contributed by atoms with van der Waals surface area (Å²) < 4.78 is 5.14. The number of ether oxygens (including phenoxy) is 1. The van der Waals surface area contributed by atoms with E-state index in [1.807, 2.05) is 10.3 Å². The van der Waals surface area contributed by atoms with Gasteiger partial charge in [0.2, 0.25) is 5.91 Å². The number of aromatic nitrogens is 1. The molecule has 0 spiro atoms. The summed E-state index contributed by atoms with van der Waals surface area (Å²) >= 11 is 1.54. The fourth-order valence-electron chi connectivity index (χ4n) is 4.39. The van der Waals surface area contributed by atoms with E-state index in [0.29, 0.717) is 6.42 Å².